The Morgan fingerprint density at radius 2 is 2.00 bits per heavy atom. The molecule has 1 N–H and O–H groups in total. The minimum absolute atomic E-state index is 0.0788. The van der Waals surface area contributed by atoms with Crippen LogP contribution in [0.5, 0.6) is 0 Å². The Hall–Kier alpha value is -0.870. The van der Waals surface area contributed by atoms with Gasteiger partial charge in [-0.1, -0.05) is 18.2 Å². The summed E-state index contributed by atoms with van der Waals surface area (Å²) in [5.74, 6) is 0. The largest absolute Gasteiger partial charge is 0.312 e. The minimum atomic E-state index is -3.14. The van der Waals surface area contributed by atoms with Crippen LogP contribution < -0.4 is 5.32 Å². The van der Waals surface area contributed by atoms with E-state index in [4.69, 9.17) is 0 Å². The molecule has 0 saturated carbocycles. The summed E-state index contributed by atoms with van der Waals surface area (Å²) in [4.78, 5) is 0.525. The van der Waals surface area contributed by atoms with Gasteiger partial charge in [-0.3, -0.25) is 0 Å². The molecule has 0 aromatic heterocycles. The molecule has 3 nitrogen and oxygen atoms in total. The molecule has 0 fully saturated rings. The number of hydrogen-bond acceptors (Lipinski definition) is 3. The topological polar surface area (TPSA) is 46.2 Å². The third kappa shape index (κ3) is 1.32. The van der Waals surface area contributed by atoms with E-state index in [1.807, 2.05) is 25.1 Å². The second kappa shape index (κ2) is 3.32. The Morgan fingerprint density at radius 1 is 1.33 bits per heavy atom. The van der Waals surface area contributed by atoms with Crippen molar-refractivity contribution in [3.63, 3.8) is 0 Å². The molecule has 0 aliphatic carbocycles. The van der Waals surface area contributed by atoms with Crippen molar-refractivity contribution in [1.82, 2.24) is 5.32 Å². The zero-order valence-electron chi connectivity index (χ0n) is 9.11. The fourth-order valence-electron chi connectivity index (χ4n) is 2.32. The minimum Gasteiger partial charge on any atom is -0.312 e. The average molecular weight is 225 g/mol. The van der Waals surface area contributed by atoms with E-state index in [2.05, 4.69) is 5.32 Å². The molecule has 2 atom stereocenters. The van der Waals surface area contributed by atoms with Gasteiger partial charge in [0.15, 0.2) is 9.84 Å². The second-order valence-corrected chi connectivity index (χ2v) is 6.25. The van der Waals surface area contributed by atoms with Gasteiger partial charge in [0.2, 0.25) is 0 Å². The van der Waals surface area contributed by atoms with Crippen LogP contribution >= 0.6 is 0 Å². The van der Waals surface area contributed by atoms with E-state index in [-0.39, 0.29) is 11.3 Å². The van der Waals surface area contributed by atoms with Gasteiger partial charge in [-0.05, 0) is 32.0 Å². The summed E-state index contributed by atoms with van der Waals surface area (Å²) in [6.45, 7) is 3.61. The number of aryl methyl sites for hydroxylation is 1. The Kier molecular flexibility index (Phi) is 2.35. The van der Waals surface area contributed by atoms with Gasteiger partial charge in [-0.15, -0.1) is 0 Å². The van der Waals surface area contributed by atoms with Crippen molar-refractivity contribution in [2.24, 2.45) is 0 Å². The van der Waals surface area contributed by atoms with Crippen molar-refractivity contribution in [3.8, 4) is 0 Å². The molecule has 0 saturated heterocycles. The zero-order chi connectivity index (χ0) is 11.2. The number of rotatable bonds is 1. The number of benzene rings is 1. The lowest BCUT2D eigenvalue weighted by molar-refractivity contribution is 0.553. The standard InChI is InChI=1S/C11H15NO2S/c1-7-5-4-6-9-10(12-3)8(2)15(13,14)11(7)9/h4-6,8,10,12H,1-3H3. The van der Waals surface area contributed by atoms with E-state index in [0.717, 1.165) is 11.1 Å². The quantitative estimate of drug-likeness (QED) is 0.786. The Morgan fingerprint density at radius 3 is 2.60 bits per heavy atom. The van der Waals surface area contributed by atoms with Crippen molar-refractivity contribution in [2.75, 3.05) is 7.05 Å². The first kappa shape index (κ1) is 10.6. The van der Waals surface area contributed by atoms with Crippen molar-refractivity contribution < 1.29 is 8.42 Å². The molecular weight excluding hydrogens is 210 g/mol. The highest BCUT2D eigenvalue weighted by Crippen LogP contribution is 2.40. The second-order valence-electron chi connectivity index (χ2n) is 4.01. The van der Waals surface area contributed by atoms with E-state index in [0.29, 0.717) is 4.90 Å². The van der Waals surface area contributed by atoms with Crippen LogP contribution in [0, 0.1) is 6.92 Å². The van der Waals surface area contributed by atoms with Gasteiger partial charge < -0.3 is 5.32 Å². The van der Waals surface area contributed by atoms with Crippen LogP contribution in [0.25, 0.3) is 0 Å². The lowest BCUT2D eigenvalue weighted by Gasteiger charge is -2.13. The van der Waals surface area contributed by atoms with E-state index >= 15 is 0 Å². The van der Waals surface area contributed by atoms with Gasteiger partial charge in [0, 0.05) is 0 Å². The Balaban J connectivity index is 2.76. The molecule has 1 aliphatic rings. The summed E-state index contributed by atoms with van der Waals surface area (Å²) in [5.41, 5.74) is 1.75. The molecule has 1 aromatic carbocycles. The summed E-state index contributed by atoms with van der Waals surface area (Å²) in [6.07, 6.45) is 0. The van der Waals surface area contributed by atoms with Crippen LogP contribution in [0.4, 0.5) is 0 Å². The molecule has 2 rings (SSSR count). The summed E-state index contributed by atoms with van der Waals surface area (Å²) in [6, 6.07) is 5.57. The lowest BCUT2D eigenvalue weighted by Crippen LogP contribution is -2.26. The fraction of sp³-hybridized carbons (Fsp3) is 0.455. The lowest BCUT2D eigenvalue weighted by atomic mass is 10.0. The monoisotopic (exact) mass is 225 g/mol. The molecule has 0 amide bonds. The summed E-state index contributed by atoms with van der Waals surface area (Å²) in [7, 11) is -1.34. The van der Waals surface area contributed by atoms with Crippen LogP contribution in [0.3, 0.4) is 0 Å². The van der Waals surface area contributed by atoms with Crippen molar-refractivity contribution in [3.05, 3.63) is 29.3 Å². The maximum atomic E-state index is 12.1. The SMILES string of the molecule is CNC1c2cccc(C)c2S(=O)(=O)C1C. The Labute approximate surface area is 90.4 Å². The fourth-order valence-corrected chi connectivity index (χ4v) is 4.37. The highest BCUT2D eigenvalue weighted by molar-refractivity contribution is 7.92. The number of hydrogen-bond donors (Lipinski definition) is 1. The molecule has 1 aromatic rings. The maximum absolute atomic E-state index is 12.1. The van der Waals surface area contributed by atoms with Crippen LogP contribution in [0.15, 0.2) is 23.1 Å². The number of sulfone groups is 1. The number of fused-ring (bicyclic) bond motifs is 1. The molecule has 2 unspecified atom stereocenters. The smallest absolute Gasteiger partial charge is 0.183 e. The maximum Gasteiger partial charge on any atom is 0.183 e. The van der Waals surface area contributed by atoms with Gasteiger partial charge in [0.1, 0.15) is 0 Å². The predicted molar refractivity (Wildman–Crippen MR) is 59.6 cm³/mol. The molecule has 0 spiro atoms. The first-order valence-corrected chi connectivity index (χ1v) is 6.55. The van der Waals surface area contributed by atoms with Crippen molar-refractivity contribution >= 4 is 9.84 Å². The van der Waals surface area contributed by atoms with Crippen LogP contribution in [0.2, 0.25) is 0 Å². The average Bonchev–Trinajstić information content (AvgIpc) is 2.36. The van der Waals surface area contributed by atoms with Gasteiger partial charge in [-0.2, -0.15) is 0 Å². The molecule has 4 heteroatoms. The third-order valence-corrected chi connectivity index (χ3v) is 5.51. The molecule has 15 heavy (non-hydrogen) atoms. The van der Waals surface area contributed by atoms with Crippen LogP contribution in [-0.2, 0) is 9.84 Å². The summed E-state index contributed by atoms with van der Waals surface area (Å²) >= 11 is 0. The third-order valence-electron chi connectivity index (χ3n) is 3.13. The first-order valence-electron chi connectivity index (χ1n) is 5.01. The van der Waals surface area contributed by atoms with Gasteiger partial charge in [0.05, 0.1) is 16.2 Å². The predicted octanol–water partition coefficient (Wildman–Crippen LogP) is 1.43. The van der Waals surface area contributed by atoms with E-state index in [1.54, 1.807) is 14.0 Å². The normalized spacial score (nSPS) is 27.7. The number of nitrogens with one attached hydrogen (secondary N) is 1. The zero-order valence-corrected chi connectivity index (χ0v) is 9.93. The molecule has 82 valence electrons. The summed E-state index contributed by atoms with van der Waals surface area (Å²) < 4.78 is 24.3. The van der Waals surface area contributed by atoms with Gasteiger partial charge >= 0.3 is 0 Å². The summed E-state index contributed by atoms with van der Waals surface area (Å²) in [5, 5.41) is 2.70. The van der Waals surface area contributed by atoms with Crippen molar-refractivity contribution in [1.29, 1.82) is 0 Å². The van der Waals surface area contributed by atoms with Gasteiger partial charge in [0.25, 0.3) is 0 Å². The molecule has 1 aliphatic heterocycles. The molecular formula is C11H15NO2S. The highest BCUT2D eigenvalue weighted by atomic mass is 32.2. The van der Waals surface area contributed by atoms with E-state index < -0.39 is 9.84 Å². The molecule has 0 radical (unpaired) electrons. The van der Waals surface area contributed by atoms with Crippen LogP contribution in [0.1, 0.15) is 24.1 Å². The Bertz CT molecular complexity index is 493. The van der Waals surface area contributed by atoms with E-state index in [1.165, 1.54) is 0 Å². The van der Waals surface area contributed by atoms with Crippen molar-refractivity contribution in [2.45, 2.75) is 30.0 Å². The van der Waals surface area contributed by atoms with Gasteiger partial charge in [-0.25, -0.2) is 8.42 Å². The molecule has 0 bridgehead atoms. The molecule has 1 heterocycles. The highest BCUT2D eigenvalue weighted by Gasteiger charge is 2.42. The van der Waals surface area contributed by atoms with Crippen LogP contribution in [-0.4, -0.2) is 20.7 Å². The first-order chi connectivity index (χ1) is 7.00. The van der Waals surface area contributed by atoms with E-state index in [9.17, 15) is 8.42 Å².